The van der Waals surface area contributed by atoms with Crippen LogP contribution in [-0.4, -0.2) is 40.6 Å². The zero-order valence-corrected chi connectivity index (χ0v) is 13.9. The number of hydrogen-bond acceptors (Lipinski definition) is 5. The van der Waals surface area contributed by atoms with E-state index >= 15 is 0 Å². The van der Waals surface area contributed by atoms with Gasteiger partial charge in [0.15, 0.2) is 15.7 Å². The maximum atomic E-state index is 12.4. The van der Waals surface area contributed by atoms with Crippen LogP contribution in [0.25, 0.3) is 5.69 Å². The minimum absolute atomic E-state index is 0.0517. The van der Waals surface area contributed by atoms with Gasteiger partial charge >= 0.3 is 0 Å². The van der Waals surface area contributed by atoms with Gasteiger partial charge in [-0.15, -0.1) is 10.2 Å². The normalized spacial score (nSPS) is 16.4. The predicted octanol–water partition coefficient (Wildman–Crippen LogP) is 1.69. The van der Waals surface area contributed by atoms with Gasteiger partial charge in [0.25, 0.3) is 0 Å². The van der Waals surface area contributed by atoms with E-state index < -0.39 is 9.84 Å². The molecular formula is C16H21N3O3S. The highest BCUT2D eigenvalue weighted by Gasteiger charge is 2.32. The van der Waals surface area contributed by atoms with Gasteiger partial charge in [-0.25, -0.2) is 8.42 Å². The van der Waals surface area contributed by atoms with Crippen molar-refractivity contribution < 1.29 is 13.5 Å². The Bertz CT molecular complexity index is 767. The molecule has 3 rings (SSSR count). The molecule has 0 aliphatic heterocycles. The largest absolute Gasteiger partial charge is 0.396 e. The molecule has 1 aromatic carbocycles. The van der Waals surface area contributed by atoms with Crippen LogP contribution < -0.4 is 0 Å². The van der Waals surface area contributed by atoms with Crippen molar-refractivity contribution >= 4 is 9.84 Å². The van der Waals surface area contributed by atoms with Crippen LogP contribution >= 0.6 is 0 Å². The van der Waals surface area contributed by atoms with Crippen molar-refractivity contribution in [2.24, 2.45) is 5.92 Å². The molecule has 0 saturated heterocycles. The van der Waals surface area contributed by atoms with E-state index in [4.69, 9.17) is 5.11 Å². The number of para-hydroxylation sites is 1. The average molecular weight is 335 g/mol. The van der Waals surface area contributed by atoms with Gasteiger partial charge in [-0.1, -0.05) is 25.1 Å². The first-order chi connectivity index (χ1) is 11.0. The van der Waals surface area contributed by atoms with E-state index in [1.807, 2.05) is 34.9 Å². The lowest BCUT2D eigenvalue weighted by Crippen LogP contribution is -2.20. The second-order valence-corrected chi connectivity index (χ2v) is 8.37. The highest BCUT2D eigenvalue weighted by atomic mass is 32.2. The highest BCUT2D eigenvalue weighted by Crippen LogP contribution is 2.40. The van der Waals surface area contributed by atoms with Crippen LogP contribution in [-0.2, 0) is 15.6 Å². The minimum atomic E-state index is -3.35. The monoisotopic (exact) mass is 335 g/mol. The topological polar surface area (TPSA) is 85.1 Å². The van der Waals surface area contributed by atoms with E-state index in [0.717, 1.165) is 24.4 Å². The Morgan fingerprint density at radius 1 is 1.26 bits per heavy atom. The molecule has 0 bridgehead atoms. The molecular weight excluding hydrogens is 314 g/mol. The van der Waals surface area contributed by atoms with Crippen molar-refractivity contribution in [3.63, 3.8) is 0 Å². The SMILES string of the molecule is CC(CO)CS(=O)(=O)Cc1nnc(C2CC2)n1-c1ccccc1. The summed E-state index contributed by atoms with van der Waals surface area (Å²) in [6, 6.07) is 9.61. The summed E-state index contributed by atoms with van der Waals surface area (Å²) in [5, 5.41) is 17.5. The molecule has 1 heterocycles. The van der Waals surface area contributed by atoms with Gasteiger partial charge in [0, 0.05) is 18.2 Å². The summed E-state index contributed by atoms with van der Waals surface area (Å²) in [5.41, 5.74) is 0.889. The first-order valence-corrected chi connectivity index (χ1v) is 9.63. The molecule has 2 aromatic rings. The van der Waals surface area contributed by atoms with Gasteiger partial charge < -0.3 is 5.11 Å². The summed E-state index contributed by atoms with van der Waals surface area (Å²) in [6.45, 7) is 1.58. The van der Waals surface area contributed by atoms with Crippen molar-refractivity contribution in [2.45, 2.75) is 31.4 Å². The van der Waals surface area contributed by atoms with Crippen molar-refractivity contribution in [2.75, 3.05) is 12.4 Å². The second-order valence-electron chi connectivity index (χ2n) is 6.26. The van der Waals surface area contributed by atoms with E-state index in [2.05, 4.69) is 10.2 Å². The third kappa shape index (κ3) is 3.79. The fraction of sp³-hybridized carbons (Fsp3) is 0.500. The molecule has 7 heteroatoms. The Kier molecular flexibility index (Phi) is 4.50. The lowest BCUT2D eigenvalue weighted by molar-refractivity contribution is 0.249. The van der Waals surface area contributed by atoms with Crippen LogP contribution in [0.3, 0.4) is 0 Å². The molecule has 1 aliphatic carbocycles. The molecule has 124 valence electrons. The maximum Gasteiger partial charge on any atom is 0.157 e. The predicted molar refractivity (Wildman–Crippen MR) is 87.1 cm³/mol. The molecule has 1 aliphatic rings. The van der Waals surface area contributed by atoms with Crippen molar-refractivity contribution in [1.29, 1.82) is 0 Å². The Morgan fingerprint density at radius 3 is 2.57 bits per heavy atom. The van der Waals surface area contributed by atoms with Crippen LogP contribution in [0.15, 0.2) is 30.3 Å². The summed E-state index contributed by atoms with van der Waals surface area (Å²) in [5.74, 6) is 1.17. The number of sulfone groups is 1. The molecule has 1 atom stereocenters. The summed E-state index contributed by atoms with van der Waals surface area (Å²) in [6.07, 6.45) is 2.14. The zero-order chi connectivity index (χ0) is 16.4. The molecule has 23 heavy (non-hydrogen) atoms. The number of aliphatic hydroxyl groups excluding tert-OH is 1. The lowest BCUT2D eigenvalue weighted by Gasteiger charge is -2.12. The number of benzene rings is 1. The molecule has 0 spiro atoms. The van der Waals surface area contributed by atoms with Gasteiger partial charge in [0.2, 0.25) is 0 Å². The van der Waals surface area contributed by atoms with E-state index in [1.54, 1.807) is 6.92 Å². The second kappa shape index (κ2) is 6.41. The van der Waals surface area contributed by atoms with Crippen LogP contribution in [0.4, 0.5) is 0 Å². The molecule has 1 aromatic heterocycles. The third-order valence-corrected chi connectivity index (χ3v) is 5.69. The summed E-state index contributed by atoms with van der Waals surface area (Å²) >= 11 is 0. The van der Waals surface area contributed by atoms with E-state index in [1.165, 1.54) is 0 Å². The smallest absolute Gasteiger partial charge is 0.157 e. The van der Waals surface area contributed by atoms with E-state index in [-0.39, 0.29) is 24.0 Å². The summed E-state index contributed by atoms with van der Waals surface area (Å²) < 4.78 is 26.6. The van der Waals surface area contributed by atoms with Crippen LogP contribution in [0, 0.1) is 5.92 Å². The Balaban J connectivity index is 1.94. The van der Waals surface area contributed by atoms with Gasteiger partial charge in [-0.3, -0.25) is 4.57 Å². The number of aliphatic hydroxyl groups is 1. The van der Waals surface area contributed by atoms with Gasteiger partial charge in [-0.2, -0.15) is 0 Å². The number of hydrogen-bond donors (Lipinski definition) is 1. The standard InChI is InChI=1S/C16H21N3O3S/c1-12(9-20)10-23(21,22)11-15-17-18-16(13-7-8-13)19(15)14-5-3-2-4-6-14/h2-6,12-13,20H,7-11H2,1H3. The van der Waals surface area contributed by atoms with Gasteiger partial charge in [-0.05, 0) is 30.9 Å². The van der Waals surface area contributed by atoms with Crippen molar-refractivity contribution in [3.8, 4) is 5.69 Å². The van der Waals surface area contributed by atoms with Gasteiger partial charge in [0.1, 0.15) is 11.6 Å². The van der Waals surface area contributed by atoms with Gasteiger partial charge in [0.05, 0.1) is 5.75 Å². The lowest BCUT2D eigenvalue weighted by atomic mass is 10.2. The Labute approximate surface area is 136 Å². The first kappa shape index (κ1) is 16.1. The van der Waals surface area contributed by atoms with E-state index in [9.17, 15) is 8.42 Å². The fourth-order valence-corrected chi connectivity index (χ4v) is 4.30. The molecule has 1 N–H and O–H groups in total. The highest BCUT2D eigenvalue weighted by molar-refractivity contribution is 7.90. The minimum Gasteiger partial charge on any atom is -0.396 e. The molecule has 0 amide bonds. The van der Waals surface area contributed by atoms with Crippen LogP contribution in [0.1, 0.15) is 37.3 Å². The fourth-order valence-electron chi connectivity index (χ4n) is 2.63. The molecule has 1 saturated carbocycles. The third-order valence-electron chi connectivity index (χ3n) is 3.91. The number of rotatable bonds is 7. The van der Waals surface area contributed by atoms with Crippen molar-refractivity contribution in [3.05, 3.63) is 42.0 Å². The molecule has 0 radical (unpaired) electrons. The van der Waals surface area contributed by atoms with E-state index in [0.29, 0.717) is 11.7 Å². The average Bonchev–Trinajstić information content (AvgIpc) is 3.29. The summed E-state index contributed by atoms with van der Waals surface area (Å²) in [4.78, 5) is 0. The molecule has 1 fully saturated rings. The zero-order valence-electron chi connectivity index (χ0n) is 13.1. The van der Waals surface area contributed by atoms with Crippen molar-refractivity contribution in [1.82, 2.24) is 14.8 Å². The Morgan fingerprint density at radius 2 is 1.96 bits per heavy atom. The van der Waals surface area contributed by atoms with Crippen LogP contribution in [0.2, 0.25) is 0 Å². The quantitative estimate of drug-likeness (QED) is 0.832. The number of aromatic nitrogens is 3. The Hall–Kier alpha value is -1.73. The van der Waals surface area contributed by atoms with Crippen LogP contribution in [0.5, 0.6) is 0 Å². The summed E-state index contributed by atoms with van der Waals surface area (Å²) in [7, 11) is -3.35. The molecule has 6 nitrogen and oxygen atoms in total. The molecule has 1 unspecified atom stereocenters. The first-order valence-electron chi connectivity index (χ1n) is 7.81. The maximum absolute atomic E-state index is 12.4. The number of nitrogens with zero attached hydrogens (tertiary/aromatic N) is 3.